The highest BCUT2D eigenvalue weighted by Crippen LogP contribution is 2.41. The van der Waals surface area contributed by atoms with Crippen molar-refractivity contribution in [3.8, 4) is 16.9 Å². The Balaban J connectivity index is 1.86. The topological polar surface area (TPSA) is 76.2 Å². The van der Waals surface area contributed by atoms with Gasteiger partial charge in [0, 0.05) is 12.6 Å². The van der Waals surface area contributed by atoms with Crippen molar-refractivity contribution in [2.45, 2.75) is 44.1 Å². The van der Waals surface area contributed by atoms with E-state index in [9.17, 15) is 39.6 Å². The Bertz CT molecular complexity index is 1570. The van der Waals surface area contributed by atoms with Crippen LogP contribution in [0, 0.1) is 5.82 Å². The number of nitrogens with zero attached hydrogens (tertiary/aromatic N) is 2. The highest BCUT2D eigenvalue weighted by Gasteiger charge is 2.38. The summed E-state index contributed by atoms with van der Waals surface area (Å²) in [5, 5.41) is 0. The van der Waals surface area contributed by atoms with E-state index in [0.29, 0.717) is 6.07 Å². The second-order valence-electron chi connectivity index (χ2n) is 9.99. The number of hydrogen-bond acceptors (Lipinski definition) is 5. The summed E-state index contributed by atoms with van der Waals surface area (Å²) in [7, 11) is -4.62. The molecule has 0 fully saturated rings. The lowest BCUT2D eigenvalue weighted by Gasteiger charge is -2.37. The van der Waals surface area contributed by atoms with Gasteiger partial charge in [0.2, 0.25) is 0 Å². The number of carbonyl (C=O) groups is 1. The molecule has 0 bridgehead atoms. The molecule has 0 aromatic heterocycles. The fourth-order valence-electron chi connectivity index (χ4n) is 4.18. The Morgan fingerprint density at radius 2 is 1.61 bits per heavy atom. The standard InChI is InChI=1S/C27H24F6N2O5S/c1-26(2,3)40-25(36)34-9-10-35(41(37,38)21-6-4-5-18(14-21)27(31,32)33)23-13-16(7-8-22(23)34)17-11-19(28)15-20(12-17)39-24(29)30/h4-8,11-15,24H,9-10H2,1-3H3. The zero-order valence-corrected chi connectivity index (χ0v) is 22.7. The van der Waals surface area contributed by atoms with E-state index < -0.39 is 56.5 Å². The molecule has 4 rings (SSSR count). The normalized spacial score (nSPS) is 14.2. The summed E-state index contributed by atoms with van der Waals surface area (Å²) in [4.78, 5) is 13.5. The lowest BCUT2D eigenvalue weighted by atomic mass is 10.0. The molecule has 3 aromatic rings. The Labute approximate surface area is 231 Å². The first-order valence-corrected chi connectivity index (χ1v) is 13.5. The van der Waals surface area contributed by atoms with Crippen molar-refractivity contribution >= 4 is 27.5 Å². The van der Waals surface area contributed by atoms with Crippen LogP contribution in [0.15, 0.2) is 65.6 Å². The molecule has 1 amide bonds. The van der Waals surface area contributed by atoms with Crippen LogP contribution in [0.3, 0.4) is 0 Å². The average Bonchev–Trinajstić information content (AvgIpc) is 2.85. The molecular weight excluding hydrogens is 578 g/mol. The van der Waals surface area contributed by atoms with Crippen LogP contribution in [-0.2, 0) is 20.9 Å². The maximum Gasteiger partial charge on any atom is 0.416 e. The minimum atomic E-state index is -4.80. The van der Waals surface area contributed by atoms with E-state index in [-0.39, 0.29) is 35.6 Å². The number of ether oxygens (including phenoxy) is 2. The number of alkyl halides is 5. The van der Waals surface area contributed by atoms with Crippen molar-refractivity contribution in [3.63, 3.8) is 0 Å². The number of sulfonamides is 1. The SMILES string of the molecule is CC(C)(C)OC(=O)N1CCN(S(=O)(=O)c2cccc(C(F)(F)F)c2)c2cc(-c3cc(F)cc(OC(F)F)c3)ccc21. The minimum Gasteiger partial charge on any atom is -0.443 e. The van der Waals surface area contributed by atoms with Crippen LogP contribution in [0.5, 0.6) is 5.75 Å². The molecular formula is C27H24F6N2O5S. The van der Waals surface area contributed by atoms with Gasteiger partial charge in [-0.1, -0.05) is 12.1 Å². The zero-order chi connectivity index (χ0) is 30.3. The fraction of sp³-hybridized carbons (Fsp3) is 0.296. The molecule has 0 atom stereocenters. The number of carbonyl (C=O) groups excluding carboxylic acids is 1. The molecule has 0 unspecified atom stereocenters. The fourth-order valence-corrected chi connectivity index (χ4v) is 5.69. The second kappa shape index (κ2) is 10.8. The van der Waals surface area contributed by atoms with E-state index in [2.05, 4.69) is 4.74 Å². The van der Waals surface area contributed by atoms with Gasteiger partial charge in [0.15, 0.2) is 0 Å². The van der Waals surface area contributed by atoms with Gasteiger partial charge < -0.3 is 9.47 Å². The van der Waals surface area contributed by atoms with Crippen molar-refractivity contribution in [2.24, 2.45) is 0 Å². The summed E-state index contributed by atoms with van der Waals surface area (Å²) in [6, 6.07) is 10.1. The first-order chi connectivity index (χ1) is 19.0. The van der Waals surface area contributed by atoms with Crippen molar-refractivity contribution in [1.29, 1.82) is 0 Å². The molecule has 0 aliphatic carbocycles. The minimum absolute atomic E-state index is 0.0364. The molecule has 1 heterocycles. The predicted molar refractivity (Wildman–Crippen MR) is 138 cm³/mol. The van der Waals surface area contributed by atoms with Crippen LogP contribution >= 0.6 is 0 Å². The van der Waals surface area contributed by atoms with Crippen LogP contribution in [0.1, 0.15) is 26.3 Å². The molecule has 0 spiro atoms. The smallest absolute Gasteiger partial charge is 0.416 e. The van der Waals surface area contributed by atoms with E-state index in [1.54, 1.807) is 20.8 Å². The largest absolute Gasteiger partial charge is 0.443 e. The highest BCUT2D eigenvalue weighted by molar-refractivity contribution is 7.92. The Morgan fingerprint density at radius 1 is 0.902 bits per heavy atom. The molecule has 14 heteroatoms. The molecule has 0 saturated carbocycles. The summed E-state index contributed by atoms with van der Waals surface area (Å²) in [5.74, 6) is -1.41. The number of rotatable bonds is 5. The van der Waals surface area contributed by atoms with Crippen LogP contribution in [0.25, 0.3) is 11.1 Å². The maximum absolute atomic E-state index is 14.3. The number of benzene rings is 3. The van der Waals surface area contributed by atoms with Crippen molar-refractivity contribution in [3.05, 3.63) is 72.0 Å². The number of fused-ring (bicyclic) bond motifs is 1. The van der Waals surface area contributed by atoms with E-state index in [4.69, 9.17) is 4.74 Å². The molecule has 7 nitrogen and oxygen atoms in total. The number of halogens is 6. The van der Waals surface area contributed by atoms with Gasteiger partial charge in [-0.15, -0.1) is 0 Å². The molecule has 0 N–H and O–H groups in total. The van der Waals surface area contributed by atoms with Gasteiger partial charge in [0.25, 0.3) is 10.0 Å². The van der Waals surface area contributed by atoms with Gasteiger partial charge in [-0.2, -0.15) is 22.0 Å². The first-order valence-electron chi connectivity index (χ1n) is 12.1. The predicted octanol–water partition coefficient (Wildman–Crippen LogP) is 7.06. The summed E-state index contributed by atoms with van der Waals surface area (Å²) in [5.41, 5.74) is -1.97. The third-order valence-electron chi connectivity index (χ3n) is 5.85. The second-order valence-corrected chi connectivity index (χ2v) is 11.9. The summed E-state index contributed by atoms with van der Waals surface area (Å²) >= 11 is 0. The van der Waals surface area contributed by atoms with Crippen LogP contribution in [-0.4, -0.2) is 39.8 Å². The quantitative estimate of drug-likeness (QED) is 0.292. The zero-order valence-electron chi connectivity index (χ0n) is 21.9. The maximum atomic E-state index is 14.3. The van der Waals surface area contributed by atoms with Gasteiger partial charge in [-0.25, -0.2) is 17.6 Å². The number of amides is 1. The highest BCUT2D eigenvalue weighted by atomic mass is 32.2. The summed E-state index contributed by atoms with van der Waals surface area (Å²) < 4.78 is 118. The molecule has 1 aliphatic rings. The molecule has 220 valence electrons. The Hall–Kier alpha value is -3.94. The van der Waals surface area contributed by atoms with Crippen molar-refractivity contribution in [1.82, 2.24) is 0 Å². The van der Waals surface area contributed by atoms with Gasteiger partial charge in [-0.3, -0.25) is 9.21 Å². The number of hydrogen-bond donors (Lipinski definition) is 0. The van der Waals surface area contributed by atoms with Gasteiger partial charge >= 0.3 is 18.9 Å². The van der Waals surface area contributed by atoms with Gasteiger partial charge in [-0.05, 0) is 74.4 Å². The summed E-state index contributed by atoms with van der Waals surface area (Å²) in [6.45, 7) is 1.09. The molecule has 0 saturated heterocycles. The third-order valence-corrected chi connectivity index (χ3v) is 7.66. The van der Waals surface area contributed by atoms with Crippen LogP contribution < -0.4 is 13.9 Å². The number of anilines is 2. The lowest BCUT2D eigenvalue weighted by Crippen LogP contribution is -2.47. The average molecular weight is 603 g/mol. The van der Waals surface area contributed by atoms with E-state index in [1.807, 2.05) is 0 Å². The molecule has 0 radical (unpaired) electrons. The molecule has 41 heavy (non-hydrogen) atoms. The molecule has 1 aliphatic heterocycles. The van der Waals surface area contributed by atoms with Crippen molar-refractivity contribution < 1.29 is 49.0 Å². The summed E-state index contributed by atoms with van der Waals surface area (Å²) in [6.07, 6.45) is -5.61. The first kappa shape index (κ1) is 30.0. The molecule has 3 aromatic carbocycles. The van der Waals surface area contributed by atoms with Crippen LogP contribution in [0.4, 0.5) is 42.5 Å². The monoisotopic (exact) mass is 602 g/mol. The van der Waals surface area contributed by atoms with E-state index >= 15 is 0 Å². The third kappa shape index (κ3) is 6.69. The Kier molecular flexibility index (Phi) is 7.91. The van der Waals surface area contributed by atoms with Crippen molar-refractivity contribution in [2.75, 3.05) is 22.3 Å². The Morgan fingerprint density at radius 3 is 2.24 bits per heavy atom. The van der Waals surface area contributed by atoms with E-state index in [1.165, 1.54) is 23.1 Å². The van der Waals surface area contributed by atoms with Gasteiger partial charge in [0.05, 0.1) is 28.4 Å². The van der Waals surface area contributed by atoms with Crippen LogP contribution in [0.2, 0.25) is 0 Å². The van der Waals surface area contributed by atoms with Gasteiger partial charge in [0.1, 0.15) is 17.2 Å². The lowest BCUT2D eigenvalue weighted by molar-refractivity contribution is -0.137. The van der Waals surface area contributed by atoms with E-state index in [0.717, 1.165) is 40.7 Å².